The Hall–Kier alpha value is -2.85. The number of hydrogen-bond donors (Lipinski definition) is 0. The summed E-state index contributed by atoms with van der Waals surface area (Å²) in [5.74, 6) is 0.684. The van der Waals surface area contributed by atoms with Crippen LogP contribution in [0.3, 0.4) is 0 Å². The molecular weight excluding hydrogens is 392 g/mol. The van der Waals surface area contributed by atoms with Gasteiger partial charge in [-0.15, -0.1) is 0 Å². The molecule has 0 aliphatic carbocycles. The van der Waals surface area contributed by atoms with Gasteiger partial charge >= 0.3 is 0 Å². The van der Waals surface area contributed by atoms with Crippen molar-refractivity contribution in [3.8, 4) is 17.1 Å². The highest BCUT2D eigenvalue weighted by molar-refractivity contribution is 9.10. The lowest BCUT2D eigenvalue weighted by Gasteiger charge is -2.12. The third-order valence-corrected chi connectivity index (χ3v) is 4.62. The minimum Gasteiger partial charge on any atom is -0.481 e. The summed E-state index contributed by atoms with van der Waals surface area (Å²) in [5, 5.41) is 0.512. The van der Waals surface area contributed by atoms with Gasteiger partial charge in [0.05, 0.1) is 5.39 Å². The number of para-hydroxylation sites is 1. The molecule has 0 amide bonds. The Morgan fingerprint density at radius 3 is 2.31 bits per heavy atom. The number of ether oxygens (including phenoxy) is 1. The van der Waals surface area contributed by atoms with Crippen molar-refractivity contribution >= 4 is 26.9 Å². The third-order valence-electron chi connectivity index (χ3n) is 4.09. The zero-order valence-corrected chi connectivity index (χ0v) is 15.4. The maximum absolute atomic E-state index is 13.0. The lowest BCUT2D eigenvalue weighted by molar-refractivity contribution is 0.298. The summed E-state index contributed by atoms with van der Waals surface area (Å²) in [6, 6.07) is 24.5. The highest BCUT2D eigenvalue weighted by atomic mass is 79.9. The fourth-order valence-electron chi connectivity index (χ4n) is 2.77. The molecule has 0 spiro atoms. The number of rotatable bonds is 4. The molecule has 0 aliphatic heterocycles. The van der Waals surface area contributed by atoms with E-state index >= 15 is 0 Å². The quantitative estimate of drug-likeness (QED) is 0.429. The van der Waals surface area contributed by atoms with Gasteiger partial charge in [-0.05, 0) is 29.8 Å². The van der Waals surface area contributed by atoms with Gasteiger partial charge in [0.15, 0.2) is 5.76 Å². The molecule has 3 aromatic carbocycles. The SMILES string of the molecule is O=c1c(OCc2ccc(Br)cc2)c(-c2ccccc2)oc2ccccc12. The Balaban J connectivity index is 1.81. The van der Waals surface area contributed by atoms with E-state index in [1.165, 1.54) is 0 Å². The minimum atomic E-state index is -0.164. The largest absolute Gasteiger partial charge is 0.481 e. The maximum atomic E-state index is 13.0. The van der Waals surface area contributed by atoms with Crippen molar-refractivity contribution in [2.45, 2.75) is 6.61 Å². The molecule has 0 atom stereocenters. The number of hydrogen-bond acceptors (Lipinski definition) is 3. The maximum Gasteiger partial charge on any atom is 0.235 e. The fourth-order valence-corrected chi connectivity index (χ4v) is 3.04. The normalized spacial score (nSPS) is 10.8. The molecule has 3 nitrogen and oxygen atoms in total. The molecular formula is C22H15BrO3. The van der Waals surface area contributed by atoms with E-state index in [1.54, 1.807) is 12.1 Å². The van der Waals surface area contributed by atoms with Gasteiger partial charge in [0, 0.05) is 10.0 Å². The van der Waals surface area contributed by atoms with Crippen LogP contribution in [-0.2, 0) is 6.61 Å². The first kappa shape index (κ1) is 16.6. The smallest absolute Gasteiger partial charge is 0.235 e. The zero-order valence-electron chi connectivity index (χ0n) is 13.8. The summed E-state index contributed by atoms with van der Waals surface area (Å²) in [6.45, 7) is 0.288. The molecule has 128 valence electrons. The lowest BCUT2D eigenvalue weighted by atomic mass is 10.1. The van der Waals surface area contributed by atoms with E-state index < -0.39 is 0 Å². The van der Waals surface area contributed by atoms with Gasteiger partial charge in [-0.25, -0.2) is 0 Å². The summed E-state index contributed by atoms with van der Waals surface area (Å²) in [7, 11) is 0. The van der Waals surface area contributed by atoms with Gasteiger partial charge in [0.25, 0.3) is 0 Å². The average Bonchev–Trinajstić information content (AvgIpc) is 2.69. The average molecular weight is 407 g/mol. The van der Waals surface area contributed by atoms with Crippen molar-refractivity contribution < 1.29 is 9.15 Å². The van der Waals surface area contributed by atoms with E-state index in [1.807, 2.05) is 66.7 Å². The molecule has 4 rings (SSSR count). The molecule has 4 heteroatoms. The molecule has 1 heterocycles. The number of halogens is 1. The molecule has 0 aliphatic rings. The van der Waals surface area contributed by atoms with Gasteiger partial charge in [0.2, 0.25) is 11.2 Å². The van der Waals surface area contributed by atoms with Gasteiger partial charge in [-0.1, -0.05) is 70.5 Å². The van der Waals surface area contributed by atoms with Crippen molar-refractivity contribution in [2.75, 3.05) is 0 Å². The lowest BCUT2D eigenvalue weighted by Crippen LogP contribution is -2.10. The predicted octanol–water partition coefficient (Wildman–Crippen LogP) is 5.80. The van der Waals surface area contributed by atoms with Crippen molar-refractivity contribution in [1.29, 1.82) is 0 Å². The van der Waals surface area contributed by atoms with Crippen LogP contribution in [-0.4, -0.2) is 0 Å². The van der Waals surface area contributed by atoms with Gasteiger partial charge < -0.3 is 9.15 Å². The Morgan fingerprint density at radius 1 is 0.846 bits per heavy atom. The summed E-state index contributed by atoms with van der Waals surface area (Å²) >= 11 is 3.42. The fraction of sp³-hybridized carbons (Fsp3) is 0.0455. The molecule has 0 saturated carbocycles. The van der Waals surface area contributed by atoms with Crippen LogP contribution in [0.4, 0.5) is 0 Å². The molecule has 0 bridgehead atoms. The van der Waals surface area contributed by atoms with Crippen LogP contribution in [0.2, 0.25) is 0 Å². The van der Waals surface area contributed by atoms with Gasteiger partial charge in [0.1, 0.15) is 12.2 Å². The van der Waals surface area contributed by atoms with Crippen molar-refractivity contribution in [1.82, 2.24) is 0 Å². The molecule has 26 heavy (non-hydrogen) atoms. The summed E-state index contributed by atoms with van der Waals surface area (Å²) < 4.78 is 13.0. The van der Waals surface area contributed by atoms with Crippen molar-refractivity contribution in [2.24, 2.45) is 0 Å². The first-order chi connectivity index (χ1) is 12.7. The summed E-state index contributed by atoms with van der Waals surface area (Å²) in [4.78, 5) is 13.0. The van der Waals surface area contributed by atoms with E-state index in [9.17, 15) is 4.79 Å². The summed E-state index contributed by atoms with van der Waals surface area (Å²) in [5.41, 5.74) is 2.16. The van der Waals surface area contributed by atoms with Crippen LogP contribution < -0.4 is 10.2 Å². The molecule has 4 aromatic rings. The van der Waals surface area contributed by atoms with Gasteiger partial charge in [-0.2, -0.15) is 0 Å². The van der Waals surface area contributed by atoms with E-state index in [0.29, 0.717) is 16.7 Å². The monoisotopic (exact) mass is 406 g/mol. The molecule has 0 N–H and O–H groups in total. The zero-order chi connectivity index (χ0) is 17.9. The van der Waals surface area contributed by atoms with Crippen LogP contribution in [0, 0.1) is 0 Å². The molecule has 0 fully saturated rings. The van der Waals surface area contributed by atoms with Crippen LogP contribution in [0.25, 0.3) is 22.3 Å². The van der Waals surface area contributed by atoms with E-state index in [4.69, 9.17) is 9.15 Å². The third kappa shape index (κ3) is 3.28. The van der Waals surface area contributed by atoms with Crippen LogP contribution in [0.5, 0.6) is 5.75 Å². The molecule has 0 saturated heterocycles. The van der Waals surface area contributed by atoms with Gasteiger partial charge in [-0.3, -0.25) is 4.79 Å². The second-order valence-electron chi connectivity index (χ2n) is 5.87. The van der Waals surface area contributed by atoms with Crippen molar-refractivity contribution in [3.05, 3.63) is 99.1 Å². The minimum absolute atomic E-state index is 0.164. The first-order valence-corrected chi connectivity index (χ1v) is 9.00. The highest BCUT2D eigenvalue weighted by Gasteiger charge is 2.17. The predicted molar refractivity (Wildman–Crippen MR) is 106 cm³/mol. The Bertz CT molecular complexity index is 1100. The van der Waals surface area contributed by atoms with Crippen LogP contribution in [0.1, 0.15) is 5.56 Å². The van der Waals surface area contributed by atoms with E-state index in [2.05, 4.69) is 15.9 Å². The number of benzene rings is 3. The molecule has 0 unspecified atom stereocenters. The number of fused-ring (bicyclic) bond motifs is 1. The van der Waals surface area contributed by atoms with Crippen molar-refractivity contribution in [3.63, 3.8) is 0 Å². The summed E-state index contributed by atoms with van der Waals surface area (Å²) in [6.07, 6.45) is 0. The Morgan fingerprint density at radius 2 is 1.54 bits per heavy atom. The van der Waals surface area contributed by atoms with E-state index in [0.717, 1.165) is 15.6 Å². The first-order valence-electron chi connectivity index (χ1n) is 8.21. The second kappa shape index (κ2) is 7.18. The standard InChI is InChI=1S/C22H15BrO3/c23-17-12-10-15(11-13-17)14-25-22-20(24)18-8-4-5-9-19(18)26-21(22)16-6-2-1-3-7-16/h1-13H,14H2. The van der Waals surface area contributed by atoms with Crippen LogP contribution >= 0.6 is 15.9 Å². The molecule has 1 aromatic heterocycles. The Labute approximate surface area is 159 Å². The van der Waals surface area contributed by atoms with Crippen LogP contribution in [0.15, 0.2) is 92.5 Å². The highest BCUT2D eigenvalue weighted by Crippen LogP contribution is 2.31. The topological polar surface area (TPSA) is 39.4 Å². The Kier molecular flexibility index (Phi) is 4.59. The second-order valence-corrected chi connectivity index (χ2v) is 6.78. The molecule has 0 radical (unpaired) electrons. The van der Waals surface area contributed by atoms with E-state index in [-0.39, 0.29) is 17.8 Å².